The number of rotatable bonds is 8. The van der Waals surface area contributed by atoms with Gasteiger partial charge in [0.2, 0.25) is 5.91 Å². The SMILES string of the molecule is C=C/C=C(C)\C=C(/C)Cc1ccc(C2=C/C(=C/C)C(=NC=C)C(c3cccc(NC(C)=O)c3)=C2)c(F)c1. The summed E-state index contributed by atoms with van der Waals surface area (Å²) in [6.45, 7) is 14.9. The molecule has 37 heavy (non-hydrogen) atoms. The van der Waals surface area contributed by atoms with Crippen LogP contribution in [0.5, 0.6) is 0 Å². The maximum atomic E-state index is 15.5. The Labute approximate surface area is 219 Å². The zero-order chi connectivity index (χ0) is 26.9. The first-order valence-electron chi connectivity index (χ1n) is 12.2. The number of allylic oxidation sites excluding steroid dienone is 11. The molecule has 188 valence electrons. The molecule has 1 aliphatic carbocycles. The fourth-order valence-corrected chi connectivity index (χ4v) is 4.35. The lowest BCUT2D eigenvalue weighted by atomic mass is 9.85. The molecule has 3 nitrogen and oxygen atoms in total. The molecule has 0 saturated heterocycles. The van der Waals surface area contributed by atoms with Crippen LogP contribution in [-0.2, 0) is 11.2 Å². The fraction of sp³-hybridized carbons (Fsp3) is 0.152. The number of nitrogens with zero attached hydrogens (tertiary/aromatic N) is 1. The fourth-order valence-electron chi connectivity index (χ4n) is 4.35. The number of halogens is 1. The van der Waals surface area contributed by atoms with E-state index in [0.29, 0.717) is 17.7 Å². The van der Waals surface area contributed by atoms with Crippen molar-refractivity contribution in [2.24, 2.45) is 4.99 Å². The highest BCUT2D eigenvalue weighted by Gasteiger charge is 2.21. The lowest BCUT2D eigenvalue weighted by Gasteiger charge is -2.20. The van der Waals surface area contributed by atoms with Crippen LogP contribution in [0.4, 0.5) is 10.1 Å². The summed E-state index contributed by atoms with van der Waals surface area (Å²) in [4.78, 5) is 16.1. The highest BCUT2D eigenvalue weighted by molar-refractivity contribution is 6.36. The van der Waals surface area contributed by atoms with E-state index in [-0.39, 0.29) is 11.7 Å². The second-order valence-corrected chi connectivity index (χ2v) is 8.95. The molecular formula is C33H33FN2O. The normalized spacial score (nSPS) is 16.4. The topological polar surface area (TPSA) is 41.5 Å². The van der Waals surface area contributed by atoms with Crippen LogP contribution in [0, 0.1) is 5.82 Å². The van der Waals surface area contributed by atoms with Crippen LogP contribution in [0.15, 0.2) is 120 Å². The minimum atomic E-state index is -0.280. The van der Waals surface area contributed by atoms with Gasteiger partial charge in [0.1, 0.15) is 5.82 Å². The average Bonchev–Trinajstić information content (AvgIpc) is 2.84. The van der Waals surface area contributed by atoms with Crippen molar-refractivity contribution in [1.82, 2.24) is 0 Å². The van der Waals surface area contributed by atoms with Gasteiger partial charge in [0, 0.05) is 29.9 Å². The standard InChI is InChI=1S/C33H33FN2O/c1-7-11-22(4)16-23(5)17-25-14-15-30(32(34)18-25)28-19-26(8-2)33(35-9-3)31(21-28)27-12-10-13-29(20-27)36-24(6)37/h7-16,18-21H,1,3,17H2,2,4-6H3,(H,36,37)/b22-11-,23-16+,26-8-,35-33?. The number of aliphatic imine (C=N–C) groups is 1. The van der Waals surface area contributed by atoms with Crippen molar-refractivity contribution in [3.8, 4) is 0 Å². The number of benzene rings is 2. The molecule has 0 unspecified atom stereocenters. The largest absolute Gasteiger partial charge is 0.326 e. The predicted octanol–water partition coefficient (Wildman–Crippen LogP) is 8.42. The molecule has 0 bridgehead atoms. The molecule has 3 rings (SSSR count). The number of hydrogen-bond acceptors (Lipinski definition) is 2. The van der Waals surface area contributed by atoms with Gasteiger partial charge >= 0.3 is 0 Å². The summed E-state index contributed by atoms with van der Waals surface area (Å²) in [5.41, 5.74) is 8.38. The Kier molecular flexibility index (Phi) is 9.28. The lowest BCUT2D eigenvalue weighted by molar-refractivity contribution is -0.114. The molecule has 4 heteroatoms. The molecule has 2 aromatic rings. The maximum absolute atomic E-state index is 15.5. The van der Waals surface area contributed by atoms with E-state index < -0.39 is 0 Å². The summed E-state index contributed by atoms with van der Waals surface area (Å²) in [7, 11) is 0. The minimum absolute atomic E-state index is 0.149. The number of carbonyl (C=O) groups is 1. The Morgan fingerprint density at radius 1 is 1.08 bits per heavy atom. The van der Waals surface area contributed by atoms with Gasteiger partial charge in [-0.3, -0.25) is 9.79 Å². The molecule has 0 saturated carbocycles. The molecule has 0 atom stereocenters. The van der Waals surface area contributed by atoms with E-state index in [1.807, 2.05) is 81.5 Å². The van der Waals surface area contributed by atoms with E-state index >= 15 is 4.39 Å². The molecule has 0 radical (unpaired) electrons. The molecule has 0 aromatic heterocycles. The van der Waals surface area contributed by atoms with Gasteiger partial charge in [0.25, 0.3) is 0 Å². The summed E-state index contributed by atoms with van der Waals surface area (Å²) >= 11 is 0. The zero-order valence-corrected chi connectivity index (χ0v) is 21.9. The first-order chi connectivity index (χ1) is 17.7. The summed E-state index contributed by atoms with van der Waals surface area (Å²) in [6, 6.07) is 12.9. The van der Waals surface area contributed by atoms with Crippen molar-refractivity contribution in [1.29, 1.82) is 0 Å². The van der Waals surface area contributed by atoms with Gasteiger partial charge in [-0.05, 0) is 79.8 Å². The Morgan fingerprint density at radius 3 is 2.51 bits per heavy atom. The van der Waals surface area contributed by atoms with Crippen molar-refractivity contribution in [2.45, 2.75) is 34.1 Å². The molecular weight excluding hydrogens is 459 g/mol. The Hall–Kier alpha value is -4.31. The second kappa shape index (κ2) is 12.6. The molecule has 1 amide bonds. The third kappa shape index (κ3) is 7.11. The third-order valence-corrected chi connectivity index (χ3v) is 5.85. The second-order valence-electron chi connectivity index (χ2n) is 8.95. The highest BCUT2D eigenvalue weighted by Crippen LogP contribution is 2.34. The van der Waals surface area contributed by atoms with E-state index in [2.05, 4.69) is 29.5 Å². The van der Waals surface area contributed by atoms with Crippen LogP contribution in [0.3, 0.4) is 0 Å². The molecule has 1 aliphatic rings. The maximum Gasteiger partial charge on any atom is 0.221 e. The summed E-state index contributed by atoms with van der Waals surface area (Å²) in [6.07, 6.45) is 13.8. The average molecular weight is 493 g/mol. The first kappa shape index (κ1) is 27.3. The van der Waals surface area contributed by atoms with Gasteiger partial charge in [-0.1, -0.05) is 72.9 Å². The number of hydrogen-bond donors (Lipinski definition) is 1. The Morgan fingerprint density at radius 2 is 1.86 bits per heavy atom. The lowest BCUT2D eigenvalue weighted by Crippen LogP contribution is -2.11. The smallest absolute Gasteiger partial charge is 0.221 e. The van der Waals surface area contributed by atoms with Gasteiger partial charge in [-0.25, -0.2) is 4.39 Å². The van der Waals surface area contributed by atoms with Crippen LogP contribution in [-0.4, -0.2) is 11.6 Å². The predicted molar refractivity (Wildman–Crippen MR) is 156 cm³/mol. The first-order valence-corrected chi connectivity index (χ1v) is 12.2. The quantitative estimate of drug-likeness (QED) is 0.369. The molecule has 0 heterocycles. The number of anilines is 1. The van der Waals surface area contributed by atoms with E-state index in [1.54, 1.807) is 12.1 Å². The number of nitrogens with one attached hydrogen (secondary N) is 1. The molecule has 0 aliphatic heterocycles. The monoisotopic (exact) mass is 492 g/mol. The number of amides is 1. The van der Waals surface area contributed by atoms with Crippen LogP contribution in [0.25, 0.3) is 11.1 Å². The van der Waals surface area contributed by atoms with Gasteiger partial charge in [-0.2, -0.15) is 0 Å². The third-order valence-electron chi connectivity index (χ3n) is 5.85. The molecule has 0 fully saturated rings. The van der Waals surface area contributed by atoms with E-state index in [4.69, 9.17) is 0 Å². The van der Waals surface area contributed by atoms with Gasteiger partial charge in [0.05, 0.1) is 5.71 Å². The van der Waals surface area contributed by atoms with Crippen LogP contribution in [0.2, 0.25) is 0 Å². The van der Waals surface area contributed by atoms with Crippen LogP contribution in [0.1, 0.15) is 44.4 Å². The van der Waals surface area contributed by atoms with Crippen LogP contribution >= 0.6 is 0 Å². The van der Waals surface area contributed by atoms with Crippen molar-refractivity contribution >= 4 is 28.5 Å². The van der Waals surface area contributed by atoms with Crippen LogP contribution < -0.4 is 5.32 Å². The van der Waals surface area contributed by atoms with Crippen molar-refractivity contribution in [3.05, 3.63) is 138 Å². The van der Waals surface area contributed by atoms with Crippen molar-refractivity contribution in [2.75, 3.05) is 5.32 Å². The minimum Gasteiger partial charge on any atom is -0.326 e. The summed E-state index contributed by atoms with van der Waals surface area (Å²) < 4.78 is 15.5. The molecule has 1 N–H and O–H groups in total. The highest BCUT2D eigenvalue weighted by atomic mass is 19.1. The van der Waals surface area contributed by atoms with Gasteiger partial charge < -0.3 is 5.32 Å². The van der Waals surface area contributed by atoms with E-state index in [0.717, 1.165) is 44.7 Å². The summed E-state index contributed by atoms with van der Waals surface area (Å²) in [5, 5.41) is 2.82. The van der Waals surface area contributed by atoms with Crippen molar-refractivity contribution in [3.63, 3.8) is 0 Å². The molecule has 0 spiro atoms. The number of carbonyl (C=O) groups excluding carboxylic acids is 1. The summed E-state index contributed by atoms with van der Waals surface area (Å²) in [5.74, 6) is -0.430. The van der Waals surface area contributed by atoms with Gasteiger partial charge in [0.15, 0.2) is 0 Å². The Bertz CT molecular complexity index is 1410. The Balaban J connectivity index is 2.04. The van der Waals surface area contributed by atoms with Crippen molar-refractivity contribution < 1.29 is 9.18 Å². The van der Waals surface area contributed by atoms with E-state index in [1.165, 1.54) is 13.1 Å². The van der Waals surface area contributed by atoms with Gasteiger partial charge in [-0.15, -0.1) is 0 Å². The zero-order valence-electron chi connectivity index (χ0n) is 21.9. The van der Waals surface area contributed by atoms with E-state index in [9.17, 15) is 4.79 Å². The molecule has 2 aromatic carbocycles.